The van der Waals surface area contributed by atoms with Crippen molar-refractivity contribution in [2.45, 2.75) is 59.5 Å². The minimum absolute atomic E-state index is 0.0321. The number of carbonyl (C=O) groups excluding carboxylic acids is 2. The van der Waals surface area contributed by atoms with Crippen molar-refractivity contribution in [3.8, 4) is 0 Å². The molecule has 0 fully saturated rings. The van der Waals surface area contributed by atoms with E-state index in [1.165, 1.54) is 0 Å². The van der Waals surface area contributed by atoms with E-state index in [0.29, 0.717) is 0 Å². The first kappa shape index (κ1) is 16.9. The number of nitrogens with one attached hydrogen (secondary N) is 2. The lowest BCUT2D eigenvalue weighted by Crippen LogP contribution is -2.57. The molecule has 0 saturated carbocycles. The number of carbonyl (C=O) groups is 2. The molecule has 18 heavy (non-hydrogen) atoms. The molecule has 5 heteroatoms. The highest BCUT2D eigenvalue weighted by Crippen LogP contribution is 2.28. The van der Waals surface area contributed by atoms with Crippen LogP contribution in [0.25, 0.3) is 0 Å². The van der Waals surface area contributed by atoms with Gasteiger partial charge in [-0.05, 0) is 48.5 Å². The molecule has 5 nitrogen and oxygen atoms in total. The van der Waals surface area contributed by atoms with Crippen LogP contribution in [0.3, 0.4) is 0 Å². The maximum atomic E-state index is 12.0. The Labute approximate surface area is 110 Å². The van der Waals surface area contributed by atoms with Crippen LogP contribution >= 0.6 is 0 Å². The maximum absolute atomic E-state index is 12.0. The maximum Gasteiger partial charge on any atom is 0.239 e. The third kappa shape index (κ3) is 5.04. The lowest BCUT2D eigenvalue weighted by atomic mass is 9.74. The van der Waals surface area contributed by atoms with E-state index >= 15 is 0 Å². The predicted molar refractivity (Wildman–Crippen MR) is 73.0 cm³/mol. The third-order valence-electron chi connectivity index (χ3n) is 3.10. The Morgan fingerprint density at radius 2 is 1.44 bits per heavy atom. The highest BCUT2D eigenvalue weighted by atomic mass is 16.2. The Bertz CT molecular complexity index is 322. The van der Waals surface area contributed by atoms with E-state index in [2.05, 4.69) is 10.6 Å². The summed E-state index contributed by atoms with van der Waals surface area (Å²) in [4.78, 5) is 23.6. The number of amides is 2. The van der Waals surface area contributed by atoms with E-state index in [9.17, 15) is 9.59 Å². The first-order chi connectivity index (χ1) is 7.77. The molecule has 0 aromatic rings. The van der Waals surface area contributed by atoms with Crippen molar-refractivity contribution >= 4 is 11.8 Å². The normalized spacial score (nSPS) is 13.1. The van der Waals surface area contributed by atoms with Crippen molar-refractivity contribution in [3.05, 3.63) is 0 Å². The minimum atomic E-state index is -0.741. The van der Waals surface area contributed by atoms with Gasteiger partial charge in [0.25, 0.3) is 0 Å². The molecule has 0 aliphatic heterocycles. The van der Waals surface area contributed by atoms with E-state index in [-0.39, 0.29) is 23.9 Å². The number of rotatable bonds is 4. The molecule has 0 aromatic carbocycles. The number of nitrogens with two attached hydrogens (primary N) is 1. The van der Waals surface area contributed by atoms with E-state index < -0.39 is 11.0 Å². The molecule has 4 N–H and O–H groups in total. The molecule has 106 valence electrons. The van der Waals surface area contributed by atoms with Gasteiger partial charge in [0, 0.05) is 11.1 Å². The van der Waals surface area contributed by atoms with Crippen LogP contribution < -0.4 is 16.4 Å². The summed E-state index contributed by atoms with van der Waals surface area (Å²) >= 11 is 0. The molecule has 0 aliphatic carbocycles. The Morgan fingerprint density at radius 3 is 1.78 bits per heavy atom. The monoisotopic (exact) mass is 257 g/mol. The highest BCUT2D eigenvalue weighted by Gasteiger charge is 2.40. The molecule has 0 bridgehead atoms. The predicted octanol–water partition coefficient (Wildman–Crippen LogP) is 0.781. The topological polar surface area (TPSA) is 84.2 Å². The van der Waals surface area contributed by atoms with Gasteiger partial charge in [-0.25, -0.2) is 0 Å². The van der Waals surface area contributed by atoms with Crippen LogP contribution in [-0.2, 0) is 9.59 Å². The molecule has 0 spiro atoms. The summed E-state index contributed by atoms with van der Waals surface area (Å²) in [5.41, 5.74) is 4.26. The Balaban J connectivity index is 4.41. The smallest absolute Gasteiger partial charge is 0.239 e. The van der Waals surface area contributed by atoms with E-state index in [1.54, 1.807) is 27.7 Å². The van der Waals surface area contributed by atoms with Crippen LogP contribution in [0.4, 0.5) is 0 Å². The first-order valence-electron chi connectivity index (χ1n) is 6.15. The van der Waals surface area contributed by atoms with Gasteiger partial charge in [0.05, 0.1) is 12.0 Å². The lowest BCUT2D eigenvalue weighted by molar-refractivity contribution is -0.134. The zero-order valence-electron chi connectivity index (χ0n) is 12.6. The Kier molecular flexibility index (Phi) is 4.94. The van der Waals surface area contributed by atoms with Crippen LogP contribution in [0, 0.1) is 5.41 Å². The summed E-state index contributed by atoms with van der Waals surface area (Å²) in [6, 6.07) is 0. The largest absolute Gasteiger partial charge is 0.350 e. The summed E-state index contributed by atoms with van der Waals surface area (Å²) in [5, 5.41) is 5.40. The zero-order valence-corrected chi connectivity index (χ0v) is 12.6. The molecular formula is C13H27N3O2. The number of hydrogen-bond donors (Lipinski definition) is 3. The zero-order chi connectivity index (χ0) is 14.8. The number of hydrogen-bond acceptors (Lipinski definition) is 3. The molecule has 0 atom stereocenters. The van der Waals surface area contributed by atoms with Crippen LogP contribution in [-0.4, -0.2) is 29.4 Å². The van der Waals surface area contributed by atoms with E-state index in [1.807, 2.05) is 20.8 Å². The van der Waals surface area contributed by atoms with Crippen molar-refractivity contribution in [1.82, 2.24) is 10.6 Å². The van der Waals surface area contributed by atoms with Crippen molar-refractivity contribution in [1.29, 1.82) is 0 Å². The summed E-state index contributed by atoms with van der Waals surface area (Å²) in [6.07, 6.45) is 0. The quantitative estimate of drug-likeness (QED) is 0.696. The van der Waals surface area contributed by atoms with Gasteiger partial charge < -0.3 is 16.4 Å². The van der Waals surface area contributed by atoms with Gasteiger partial charge in [0.1, 0.15) is 0 Å². The minimum Gasteiger partial charge on any atom is -0.350 e. The van der Waals surface area contributed by atoms with Crippen LogP contribution in [0.15, 0.2) is 0 Å². The summed E-state index contributed by atoms with van der Waals surface area (Å²) in [5.74, 6) is -0.430. The molecule has 0 rings (SSSR count). The lowest BCUT2D eigenvalue weighted by Gasteiger charge is -2.36. The second-order valence-corrected chi connectivity index (χ2v) is 6.83. The molecule has 0 heterocycles. The van der Waals surface area contributed by atoms with E-state index in [4.69, 9.17) is 5.73 Å². The molecule has 0 saturated heterocycles. The second kappa shape index (κ2) is 5.26. The standard InChI is InChI=1S/C13H27N3O2/c1-11(2,3)16-9(17)8-15-10(18)12(4,5)13(6,7)14/h8,14H2,1-7H3,(H,15,18)(H,16,17). The SMILES string of the molecule is CC(C)(C)NC(=O)CNC(=O)C(C)(C)C(C)(C)N. The highest BCUT2D eigenvalue weighted by molar-refractivity contribution is 5.88. The van der Waals surface area contributed by atoms with Gasteiger partial charge in [-0.15, -0.1) is 0 Å². The fourth-order valence-electron chi connectivity index (χ4n) is 1.14. The molecule has 0 radical (unpaired) electrons. The van der Waals surface area contributed by atoms with Crippen LogP contribution in [0.2, 0.25) is 0 Å². The average molecular weight is 257 g/mol. The van der Waals surface area contributed by atoms with Crippen LogP contribution in [0.5, 0.6) is 0 Å². The van der Waals surface area contributed by atoms with Crippen LogP contribution in [0.1, 0.15) is 48.5 Å². The molecule has 2 amide bonds. The third-order valence-corrected chi connectivity index (χ3v) is 3.10. The second-order valence-electron chi connectivity index (χ2n) is 6.83. The van der Waals surface area contributed by atoms with Gasteiger partial charge in [0.15, 0.2) is 0 Å². The summed E-state index contributed by atoms with van der Waals surface area (Å²) in [7, 11) is 0. The fraction of sp³-hybridized carbons (Fsp3) is 0.846. The molecule has 0 aromatic heterocycles. The van der Waals surface area contributed by atoms with Crippen molar-refractivity contribution in [3.63, 3.8) is 0 Å². The summed E-state index contributed by atoms with van der Waals surface area (Å²) < 4.78 is 0. The van der Waals surface area contributed by atoms with Gasteiger partial charge in [-0.3, -0.25) is 9.59 Å². The van der Waals surface area contributed by atoms with Gasteiger partial charge >= 0.3 is 0 Å². The first-order valence-corrected chi connectivity index (χ1v) is 6.15. The van der Waals surface area contributed by atoms with Crippen molar-refractivity contribution < 1.29 is 9.59 Å². The molecular weight excluding hydrogens is 230 g/mol. The van der Waals surface area contributed by atoms with Crippen molar-refractivity contribution in [2.75, 3.05) is 6.54 Å². The van der Waals surface area contributed by atoms with Gasteiger partial charge in [-0.2, -0.15) is 0 Å². The van der Waals surface area contributed by atoms with Gasteiger partial charge in [-0.1, -0.05) is 0 Å². The Morgan fingerprint density at radius 1 is 1.00 bits per heavy atom. The molecule has 0 aliphatic rings. The van der Waals surface area contributed by atoms with E-state index in [0.717, 1.165) is 0 Å². The summed E-state index contributed by atoms with van der Waals surface area (Å²) in [6.45, 7) is 12.8. The molecule has 0 unspecified atom stereocenters. The Hall–Kier alpha value is -1.10. The van der Waals surface area contributed by atoms with Crippen molar-refractivity contribution in [2.24, 2.45) is 11.1 Å². The average Bonchev–Trinajstić information content (AvgIpc) is 2.09. The fourth-order valence-corrected chi connectivity index (χ4v) is 1.14. The van der Waals surface area contributed by atoms with Gasteiger partial charge in [0.2, 0.25) is 11.8 Å².